The van der Waals surface area contributed by atoms with Crippen molar-refractivity contribution in [1.29, 1.82) is 0 Å². The number of nitrogens with one attached hydrogen (secondary N) is 1. The Labute approximate surface area is 109 Å². The van der Waals surface area contributed by atoms with Gasteiger partial charge in [0, 0.05) is 13.1 Å². The number of anilines is 1. The molecule has 0 saturated carbocycles. The Kier molecular flexibility index (Phi) is 4.77. The van der Waals surface area contributed by atoms with Crippen LogP contribution in [-0.2, 0) is 6.18 Å². The minimum absolute atomic E-state index is 0.0824. The fourth-order valence-corrected chi connectivity index (χ4v) is 1.80. The average molecular weight is 275 g/mol. The molecule has 19 heavy (non-hydrogen) atoms. The number of carbonyl (C=O) groups excluding carboxylic acids is 1. The molecule has 0 heterocycles. The van der Waals surface area contributed by atoms with E-state index >= 15 is 0 Å². The van der Waals surface area contributed by atoms with E-state index in [2.05, 4.69) is 0 Å². The first kappa shape index (κ1) is 15.3. The minimum atomic E-state index is -4.57. The zero-order valence-corrected chi connectivity index (χ0v) is 10.7. The monoisotopic (exact) mass is 275 g/mol. The van der Waals surface area contributed by atoms with E-state index in [-0.39, 0.29) is 5.56 Å². The maximum Gasteiger partial charge on any atom is 0.418 e. The van der Waals surface area contributed by atoms with Crippen molar-refractivity contribution in [3.8, 4) is 0 Å². The van der Waals surface area contributed by atoms with Gasteiger partial charge in [0.2, 0.25) is 0 Å². The highest BCUT2D eigenvalue weighted by Crippen LogP contribution is 2.36. The van der Waals surface area contributed by atoms with Crippen LogP contribution in [-0.4, -0.2) is 23.9 Å². The van der Waals surface area contributed by atoms with Gasteiger partial charge in [0.25, 0.3) is 5.91 Å². The molecule has 1 aromatic rings. The summed E-state index contributed by atoms with van der Waals surface area (Å²) in [6.45, 7) is 4.33. The standard InChI is InChI=1S/C12H16F3N3O/c1-3-18(4-2)11(19)8-6-5-7-9(10(8)17-16)12(13,14)15/h5-7,17H,3-4,16H2,1-2H3. The van der Waals surface area contributed by atoms with Crippen LogP contribution in [0.4, 0.5) is 18.9 Å². The van der Waals surface area contributed by atoms with Crippen molar-refractivity contribution in [3.05, 3.63) is 29.3 Å². The van der Waals surface area contributed by atoms with Gasteiger partial charge in [-0.05, 0) is 26.0 Å². The van der Waals surface area contributed by atoms with Gasteiger partial charge in [-0.3, -0.25) is 10.6 Å². The van der Waals surface area contributed by atoms with Gasteiger partial charge in [-0.1, -0.05) is 6.07 Å². The second-order valence-electron chi connectivity index (χ2n) is 3.85. The maximum absolute atomic E-state index is 12.8. The molecule has 0 fully saturated rings. The van der Waals surface area contributed by atoms with Gasteiger partial charge in [-0.15, -0.1) is 0 Å². The molecule has 1 amide bonds. The van der Waals surface area contributed by atoms with Crippen LogP contribution in [0.1, 0.15) is 29.8 Å². The van der Waals surface area contributed by atoms with Crippen molar-refractivity contribution in [2.24, 2.45) is 5.84 Å². The molecule has 0 atom stereocenters. The lowest BCUT2D eigenvalue weighted by Gasteiger charge is -2.22. The van der Waals surface area contributed by atoms with Gasteiger partial charge < -0.3 is 10.3 Å². The van der Waals surface area contributed by atoms with Crippen LogP contribution >= 0.6 is 0 Å². The third-order valence-corrected chi connectivity index (χ3v) is 2.80. The number of carbonyl (C=O) groups is 1. The highest BCUT2D eigenvalue weighted by atomic mass is 19.4. The van der Waals surface area contributed by atoms with Gasteiger partial charge in [-0.2, -0.15) is 13.2 Å². The molecule has 7 heteroatoms. The summed E-state index contributed by atoms with van der Waals surface area (Å²) >= 11 is 0. The van der Waals surface area contributed by atoms with Gasteiger partial charge in [0.05, 0.1) is 16.8 Å². The Morgan fingerprint density at radius 3 is 2.32 bits per heavy atom. The normalized spacial score (nSPS) is 11.3. The predicted octanol–water partition coefficient (Wildman–Crippen LogP) is 2.47. The lowest BCUT2D eigenvalue weighted by Crippen LogP contribution is -2.32. The van der Waals surface area contributed by atoms with Crippen molar-refractivity contribution in [2.75, 3.05) is 18.5 Å². The molecule has 3 N–H and O–H groups in total. The molecule has 0 bridgehead atoms. The zero-order chi connectivity index (χ0) is 14.6. The lowest BCUT2D eigenvalue weighted by molar-refractivity contribution is -0.137. The summed E-state index contributed by atoms with van der Waals surface area (Å²) in [5, 5.41) is 0. The largest absolute Gasteiger partial charge is 0.418 e. The van der Waals surface area contributed by atoms with E-state index in [0.29, 0.717) is 13.1 Å². The summed E-state index contributed by atoms with van der Waals surface area (Å²) in [5.74, 6) is 4.67. The van der Waals surface area contributed by atoms with E-state index in [9.17, 15) is 18.0 Å². The van der Waals surface area contributed by atoms with E-state index in [1.165, 1.54) is 17.0 Å². The van der Waals surface area contributed by atoms with Crippen LogP contribution < -0.4 is 11.3 Å². The van der Waals surface area contributed by atoms with Crippen molar-refractivity contribution in [2.45, 2.75) is 20.0 Å². The Bertz CT molecular complexity index is 456. The molecule has 1 aromatic carbocycles. The highest BCUT2D eigenvalue weighted by molar-refractivity contribution is 6.00. The fourth-order valence-electron chi connectivity index (χ4n) is 1.80. The quantitative estimate of drug-likeness (QED) is 0.655. The summed E-state index contributed by atoms with van der Waals surface area (Å²) in [6, 6.07) is 3.40. The Morgan fingerprint density at radius 2 is 1.89 bits per heavy atom. The topological polar surface area (TPSA) is 58.4 Å². The van der Waals surface area contributed by atoms with E-state index in [1.807, 2.05) is 5.43 Å². The first-order valence-electron chi connectivity index (χ1n) is 5.82. The van der Waals surface area contributed by atoms with Crippen molar-refractivity contribution < 1.29 is 18.0 Å². The molecule has 4 nitrogen and oxygen atoms in total. The molecule has 0 aliphatic carbocycles. The molecule has 0 aliphatic rings. The number of rotatable bonds is 4. The number of hydrogen-bond acceptors (Lipinski definition) is 3. The summed E-state index contributed by atoms with van der Waals surface area (Å²) in [7, 11) is 0. The number of nitrogens with two attached hydrogens (primary N) is 1. The first-order chi connectivity index (χ1) is 8.86. The molecule has 0 aliphatic heterocycles. The van der Waals surface area contributed by atoms with Crippen molar-refractivity contribution in [1.82, 2.24) is 4.90 Å². The van der Waals surface area contributed by atoms with Crippen molar-refractivity contribution in [3.63, 3.8) is 0 Å². The molecular formula is C12H16F3N3O. The Hall–Kier alpha value is -1.76. The molecule has 0 radical (unpaired) electrons. The first-order valence-corrected chi connectivity index (χ1v) is 5.82. The second-order valence-corrected chi connectivity index (χ2v) is 3.85. The number of alkyl halides is 3. The summed E-state index contributed by atoms with van der Waals surface area (Å²) in [5.41, 5.74) is 0.557. The van der Waals surface area contributed by atoms with Crippen LogP contribution in [0.25, 0.3) is 0 Å². The predicted molar refractivity (Wildman–Crippen MR) is 66.5 cm³/mol. The van der Waals surface area contributed by atoms with Crippen molar-refractivity contribution >= 4 is 11.6 Å². The summed E-state index contributed by atoms with van der Waals surface area (Å²) < 4.78 is 38.5. The van der Waals surface area contributed by atoms with Crippen LogP contribution in [0.15, 0.2) is 18.2 Å². The number of para-hydroxylation sites is 1. The number of benzene rings is 1. The fraction of sp³-hybridized carbons (Fsp3) is 0.417. The molecule has 0 aromatic heterocycles. The smallest absolute Gasteiger partial charge is 0.339 e. The second kappa shape index (κ2) is 5.92. The van der Waals surface area contributed by atoms with E-state index in [4.69, 9.17) is 5.84 Å². The van der Waals surface area contributed by atoms with Gasteiger partial charge in [0.1, 0.15) is 0 Å². The number of hydrogen-bond donors (Lipinski definition) is 2. The summed E-state index contributed by atoms with van der Waals surface area (Å²) in [6.07, 6.45) is -4.57. The average Bonchev–Trinajstić information content (AvgIpc) is 2.37. The highest BCUT2D eigenvalue weighted by Gasteiger charge is 2.35. The summed E-state index contributed by atoms with van der Waals surface area (Å²) in [4.78, 5) is 13.6. The van der Waals surface area contributed by atoms with Gasteiger partial charge in [0.15, 0.2) is 0 Å². The maximum atomic E-state index is 12.8. The van der Waals surface area contributed by atoms with E-state index in [1.54, 1.807) is 13.8 Å². The number of nitrogens with zero attached hydrogens (tertiary/aromatic N) is 1. The minimum Gasteiger partial charge on any atom is -0.339 e. The molecule has 1 rings (SSSR count). The molecule has 0 unspecified atom stereocenters. The molecule has 0 spiro atoms. The molecule has 106 valence electrons. The van der Waals surface area contributed by atoms with E-state index in [0.717, 1.165) is 6.07 Å². The molecular weight excluding hydrogens is 259 g/mol. The van der Waals surface area contributed by atoms with Crippen LogP contribution in [0.2, 0.25) is 0 Å². The van der Waals surface area contributed by atoms with E-state index < -0.39 is 23.3 Å². The number of nitrogen functional groups attached to an aromatic ring is 1. The van der Waals surface area contributed by atoms with Crippen LogP contribution in [0.3, 0.4) is 0 Å². The number of halogens is 3. The van der Waals surface area contributed by atoms with Crippen LogP contribution in [0, 0.1) is 0 Å². The SMILES string of the molecule is CCN(CC)C(=O)c1cccc(C(F)(F)F)c1NN. The number of amides is 1. The third-order valence-electron chi connectivity index (χ3n) is 2.80. The third kappa shape index (κ3) is 3.17. The van der Waals surface area contributed by atoms with Gasteiger partial charge >= 0.3 is 6.18 Å². The zero-order valence-electron chi connectivity index (χ0n) is 10.7. The number of hydrazine groups is 1. The lowest BCUT2D eigenvalue weighted by atomic mass is 10.1. The van der Waals surface area contributed by atoms with Gasteiger partial charge in [-0.25, -0.2) is 0 Å². The molecule has 0 saturated heterocycles. The Balaban J connectivity index is 3.33. The van der Waals surface area contributed by atoms with Crippen LogP contribution in [0.5, 0.6) is 0 Å². The Morgan fingerprint density at radius 1 is 1.32 bits per heavy atom.